The van der Waals surface area contributed by atoms with Crippen molar-refractivity contribution in [2.24, 2.45) is 0 Å². The van der Waals surface area contributed by atoms with Gasteiger partial charge in [-0.2, -0.15) is 0 Å². The number of anilines is 2. The number of hydrogen-bond acceptors (Lipinski definition) is 5. The Morgan fingerprint density at radius 2 is 2.29 bits per heavy atom. The highest BCUT2D eigenvalue weighted by molar-refractivity contribution is 5.96. The van der Waals surface area contributed by atoms with E-state index in [0.29, 0.717) is 24.5 Å². The zero-order valence-electron chi connectivity index (χ0n) is 12.9. The number of nitrogens with two attached hydrogens (primary N) is 1. The minimum atomic E-state index is -0.349. The van der Waals surface area contributed by atoms with E-state index < -0.39 is 0 Å². The summed E-state index contributed by atoms with van der Waals surface area (Å²) >= 11 is 0. The van der Waals surface area contributed by atoms with Crippen LogP contribution in [0.15, 0.2) is 18.2 Å². The van der Waals surface area contributed by atoms with Gasteiger partial charge >= 0.3 is 5.97 Å². The van der Waals surface area contributed by atoms with E-state index >= 15 is 0 Å². The lowest BCUT2D eigenvalue weighted by molar-refractivity contribution is -0.0553. The van der Waals surface area contributed by atoms with Crippen molar-refractivity contribution in [3.8, 4) is 0 Å². The highest BCUT2D eigenvalue weighted by atomic mass is 16.5. The number of rotatable bonds is 4. The zero-order chi connectivity index (χ0) is 15.5. The summed E-state index contributed by atoms with van der Waals surface area (Å²) in [6.07, 6.45) is 1.80. The first-order valence-corrected chi connectivity index (χ1v) is 7.38. The van der Waals surface area contributed by atoms with Gasteiger partial charge in [0.2, 0.25) is 0 Å². The predicted molar refractivity (Wildman–Crippen MR) is 83.5 cm³/mol. The van der Waals surface area contributed by atoms with Gasteiger partial charge in [0.05, 0.1) is 17.8 Å². The molecule has 1 unspecified atom stereocenters. The minimum absolute atomic E-state index is 0.145. The van der Waals surface area contributed by atoms with Crippen LogP contribution in [0.4, 0.5) is 11.4 Å². The van der Waals surface area contributed by atoms with Gasteiger partial charge in [-0.15, -0.1) is 0 Å². The largest absolute Gasteiger partial charge is 0.462 e. The van der Waals surface area contributed by atoms with Crippen LogP contribution in [0.5, 0.6) is 0 Å². The molecule has 0 amide bonds. The highest BCUT2D eigenvalue weighted by Crippen LogP contribution is 2.28. The maximum atomic E-state index is 12.0. The Morgan fingerprint density at radius 1 is 1.52 bits per heavy atom. The molecule has 1 aliphatic heterocycles. The summed E-state index contributed by atoms with van der Waals surface area (Å²) in [5.74, 6) is -0.349. The molecule has 0 bridgehead atoms. The predicted octanol–water partition coefficient (Wildman–Crippen LogP) is 2.82. The molecule has 0 aliphatic carbocycles. The molecule has 5 nitrogen and oxygen atoms in total. The van der Waals surface area contributed by atoms with Gasteiger partial charge in [0.1, 0.15) is 0 Å². The minimum Gasteiger partial charge on any atom is -0.462 e. The summed E-state index contributed by atoms with van der Waals surface area (Å²) in [6, 6.07) is 5.55. The fourth-order valence-corrected chi connectivity index (χ4v) is 2.64. The molecule has 2 rings (SSSR count). The maximum Gasteiger partial charge on any atom is 0.340 e. The Labute approximate surface area is 125 Å². The highest BCUT2D eigenvalue weighted by Gasteiger charge is 2.29. The topological polar surface area (TPSA) is 73.6 Å². The van der Waals surface area contributed by atoms with Crippen LogP contribution in [-0.4, -0.2) is 30.8 Å². The molecule has 1 saturated heterocycles. The van der Waals surface area contributed by atoms with Gasteiger partial charge in [0, 0.05) is 24.0 Å². The number of benzene rings is 1. The Hall–Kier alpha value is -1.75. The second kappa shape index (κ2) is 6.35. The van der Waals surface area contributed by atoms with Crippen LogP contribution in [0.3, 0.4) is 0 Å². The van der Waals surface area contributed by atoms with Gasteiger partial charge in [-0.05, 0) is 51.8 Å². The molecule has 1 fully saturated rings. The van der Waals surface area contributed by atoms with E-state index in [4.69, 9.17) is 15.2 Å². The fraction of sp³-hybridized carbons (Fsp3) is 0.562. The van der Waals surface area contributed by atoms with Gasteiger partial charge in [-0.3, -0.25) is 0 Å². The standard InChI is InChI=1S/C16H24N2O3/c1-4-20-15(19)13-9-11(17)5-6-14(13)18-12-7-8-21-16(2,3)10-12/h5-6,9,12,18H,4,7-8,10,17H2,1-3H3. The molecule has 3 N–H and O–H groups in total. The van der Waals surface area contributed by atoms with Crippen LogP contribution < -0.4 is 11.1 Å². The van der Waals surface area contributed by atoms with Crippen molar-refractivity contribution in [1.82, 2.24) is 0 Å². The van der Waals surface area contributed by atoms with E-state index in [1.165, 1.54) is 0 Å². The number of nitrogen functional groups attached to an aromatic ring is 1. The maximum absolute atomic E-state index is 12.0. The van der Waals surface area contributed by atoms with E-state index in [9.17, 15) is 4.79 Å². The lowest BCUT2D eigenvalue weighted by atomic mass is 9.93. The number of carbonyl (C=O) groups is 1. The summed E-state index contributed by atoms with van der Waals surface area (Å²) in [5, 5.41) is 3.44. The average Bonchev–Trinajstić information content (AvgIpc) is 2.40. The summed E-state index contributed by atoms with van der Waals surface area (Å²) in [7, 11) is 0. The number of nitrogens with one attached hydrogen (secondary N) is 1. The molecule has 21 heavy (non-hydrogen) atoms. The second-order valence-electron chi connectivity index (χ2n) is 5.97. The third-order valence-corrected chi connectivity index (χ3v) is 3.60. The first-order valence-electron chi connectivity index (χ1n) is 7.38. The average molecular weight is 292 g/mol. The normalized spacial score (nSPS) is 20.8. The van der Waals surface area contributed by atoms with E-state index in [2.05, 4.69) is 19.2 Å². The molecule has 0 radical (unpaired) electrons. The van der Waals surface area contributed by atoms with Crippen LogP contribution in [-0.2, 0) is 9.47 Å². The van der Waals surface area contributed by atoms with E-state index in [1.807, 2.05) is 6.07 Å². The quantitative estimate of drug-likeness (QED) is 0.659. The van der Waals surface area contributed by atoms with Crippen molar-refractivity contribution in [3.05, 3.63) is 23.8 Å². The molecule has 1 aromatic carbocycles. The van der Waals surface area contributed by atoms with Gasteiger partial charge in [0.15, 0.2) is 0 Å². The van der Waals surface area contributed by atoms with Crippen LogP contribution in [0.1, 0.15) is 44.0 Å². The lowest BCUT2D eigenvalue weighted by Gasteiger charge is -2.36. The number of ether oxygens (including phenoxy) is 2. The van der Waals surface area contributed by atoms with E-state index in [0.717, 1.165) is 18.5 Å². The SMILES string of the molecule is CCOC(=O)c1cc(N)ccc1NC1CCOC(C)(C)C1. The molecule has 1 aliphatic rings. The zero-order valence-corrected chi connectivity index (χ0v) is 12.9. The fourth-order valence-electron chi connectivity index (χ4n) is 2.64. The van der Waals surface area contributed by atoms with E-state index in [-0.39, 0.29) is 17.6 Å². The van der Waals surface area contributed by atoms with Crippen LogP contribution in [0, 0.1) is 0 Å². The molecule has 1 atom stereocenters. The molecular weight excluding hydrogens is 268 g/mol. The van der Waals surface area contributed by atoms with Gasteiger partial charge < -0.3 is 20.5 Å². The first-order chi connectivity index (χ1) is 9.91. The van der Waals surface area contributed by atoms with Crippen molar-refractivity contribution in [2.45, 2.75) is 45.3 Å². The van der Waals surface area contributed by atoms with Crippen molar-refractivity contribution >= 4 is 17.3 Å². The third kappa shape index (κ3) is 4.11. The molecular formula is C16H24N2O3. The molecule has 5 heteroatoms. The van der Waals surface area contributed by atoms with E-state index in [1.54, 1.807) is 19.1 Å². The summed E-state index contributed by atoms with van der Waals surface area (Å²) in [6.45, 7) is 7.01. The number of esters is 1. The third-order valence-electron chi connectivity index (χ3n) is 3.60. The molecule has 0 spiro atoms. The lowest BCUT2D eigenvalue weighted by Crippen LogP contribution is -2.40. The van der Waals surface area contributed by atoms with Crippen molar-refractivity contribution < 1.29 is 14.3 Å². The van der Waals surface area contributed by atoms with Crippen molar-refractivity contribution in [3.63, 3.8) is 0 Å². The number of hydrogen-bond donors (Lipinski definition) is 2. The Morgan fingerprint density at radius 3 is 2.95 bits per heavy atom. The monoisotopic (exact) mass is 292 g/mol. The van der Waals surface area contributed by atoms with Crippen molar-refractivity contribution in [1.29, 1.82) is 0 Å². The van der Waals surface area contributed by atoms with Crippen LogP contribution in [0.25, 0.3) is 0 Å². The molecule has 1 heterocycles. The smallest absolute Gasteiger partial charge is 0.340 e. The second-order valence-corrected chi connectivity index (χ2v) is 5.97. The number of carbonyl (C=O) groups excluding carboxylic acids is 1. The molecule has 0 aromatic heterocycles. The molecule has 116 valence electrons. The Bertz CT molecular complexity index is 514. The first kappa shape index (κ1) is 15.6. The Kier molecular flexibility index (Phi) is 4.73. The van der Waals surface area contributed by atoms with Crippen molar-refractivity contribution in [2.75, 3.05) is 24.3 Å². The summed E-state index contributed by atoms with van der Waals surface area (Å²) in [4.78, 5) is 12.0. The molecule has 0 saturated carbocycles. The van der Waals surface area contributed by atoms with Gasteiger partial charge in [-0.25, -0.2) is 4.79 Å². The molecule has 1 aromatic rings. The summed E-state index contributed by atoms with van der Waals surface area (Å²) < 4.78 is 10.8. The van der Waals surface area contributed by atoms with Crippen LogP contribution >= 0.6 is 0 Å². The summed E-state index contributed by atoms with van der Waals surface area (Å²) in [5.41, 5.74) is 7.44. The van der Waals surface area contributed by atoms with Crippen LogP contribution in [0.2, 0.25) is 0 Å². The van der Waals surface area contributed by atoms with Gasteiger partial charge in [-0.1, -0.05) is 0 Å². The Balaban J connectivity index is 2.17. The van der Waals surface area contributed by atoms with Gasteiger partial charge in [0.25, 0.3) is 0 Å².